The summed E-state index contributed by atoms with van der Waals surface area (Å²) in [5.74, 6) is -2.12. The number of aliphatic carboxylic acids is 2. The molecule has 11 N–H and O–H groups in total. The van der Waals surface area contributed by atoms with Gasteiger partial charge in [0.15, 0.2) is 18.9 Å². The van der Waals surface area contributed by atoms with Crippen molar-refractivity contribution >= 4 is 11.9 Å². The van der Waals surface area contributed by atoms with Gasteiger partial charge in [-0.15, -0.1) is 0 Å². The van der Waals surface area contributed by atoms with Gasteiger partial charge in [0.1, 0.15) is 61.0 Å². The zero-order chi connectivity index (χ0) is 48.3. The van der Waals surface area contributed by atoms with E-state index in [1.807, 2.05) is 6.92 Å². The highest BCUT2D eigenvalue weighted by molar-refractivity contribution is 5.79. The first-order valence-corrected chi connectivity index (χ1v) is 23.9. The van der Waals surface area contributed by atoms with Crippen LogP contribution in [0.5, 0.6) is 0 Å². The van der Waals surface area contributed by atoms with Crippen LogP contribution in [-0.4, -0.2) is 180 Å². The molecule has 3 aliphatic heterocycles. The lowest BCUT2D eigenvalue weighted by Gasteiger charge is -2.71. The quantitative estimate of drug-likeness (QED) is 0.104. The molecule has 0 aromatic rings. The molecule has 24 atom stereocenters. The summed E-state index contributed by atoms with van der Waals surface area (Å²) in [6.07, 6.45) is -15.3. The number of rotatable bonds is 10. The Balaban J connectivity index is 1.05. The van der Waals surface area contributed by atoms with Crippen LogP contribution in [-0.2, 0) is 38.0 Å². The van der Waals surface area contributed by atoms with Crippen LogP contribution in [0.15, 0.2) is 11.6 Å². The Morgan fingerprint density at radius 3 is 2.02 bits per heavy atom. The third kappa shape index (κ3) is 7.56. The van der Waals surface area contributed by atoms with Crippen molar-refractivity contribution in [2.45, 2.75) is 198 Å². The van der Waals surface area contributed by atoms with Crippen LogP contribution in [0, 0.1) is 50.2 Å². The third-order valence-electron chi connectivity index (χ3n) is 19.4. The normalized spacial score (nSPS) is 55.0. The molecule has 0 unspecified atom stereocenters. The van der Waals surface area contributed by atoms with Crippen molar-refractivity contribution in [1.82, 2.24) is 0 Å². The Kier molecular flexibility index (Phi) is 13.6. The standard InChI is InChI=1S/C47H74O19/c1-21-29(51)32(54)34(56)37(62-21)65-36-33(55)31(53)25(18-48)63-39(36)66-35-30(52)24(50)19-61-38(35)64-28-10-11-43(3)26(44(28,4)20-49)9-12-46(6)27(43)8-7-22-23-17-42(2,40(57)58)13-15-47(23,41(59)60)16-14-45(22,46)5/h7,21,23-39,48-56H,8-20H2,1-6H3,(H,57,58)(H,59,60)/t21-,23-,24+,25+,26+,27+,28-,29-,30-,31+,32+,33-,34+,35+,36+,37-,38-,39-,42-,43-,44-,45+,46+,47-/m0/s1. The van der Waals surface area contributed by atoms with Crippen LogP contribution < -0.4 is 0 Å². The number of allylic oxidation sites excluding steroid dienone is 2. The monoisotopic (exact) mass is 942 g/mol. The van der Waals surface area contributed by atoms with Gasteiger partial charge >= 0.3 is 11.9 Å². The first-order chi connectivity index (χ1) is 30.9. The molecule has 7 fully saturated rings. The molecular formula is C47H74O19. The van der Waals surface area contributed by atoms with Gasteiger partial charge in [-0.25, -0.2) is 0 Å². The third-order valence-corrected chi connectivity index (χ3v) is 19.4. The van der Waals surface area contributed by atoms with Crippen molar-refractivity contribution in [3.8, 4) is 0 Å². The average molecular weight is 943 g/mol. The number of carboxylic acids is 2. The smallest absolute Gasteiger partial charge is 0.310 e. The minimum Gasteiger partial charge on any atom is -0.481 e. The Hall–Kier alpha value is -1.92. The van der Waals surface area contributed by atoms with Crippen LogP contribution in [0.25, 0.3) is 0 Å². The van der Waals surface area contributed by atoms with Crippen molar-refractivity contribution in [3.63, 3.8) is 0 Å². The lowest BCUT2D eigenvalue weighted by molar-refractivity contribution is -0.392. The lowest BCUT2D eigenvalue weighted by atomic mass is 9.33. The molecule has 4 saturated carbocycles. The Morgan fingerprint density at radius 2 is 1.36 bits per heavy atom. The fraction of sp³-hybridized carbons (Fsp3) is 0.915. The fourth-order valence-electron chi connectivity index (χ4n) is 14.8. The molecule has 3 heterocycles. The number of carbonyl (C=O) groups is 2. The summed E-state index contributed by atoms with van der Waals surface area (Å²) in [4.78, 5) is 25.8. The summed E-state index contributed by atoms with van der Waals surface area (Å²) < 4.78 is 36.4. The van der Waals surface area contributed by atoms with Crippen LogP contribution in [0.4, 0.5) is 0 Å². The highest BCUT2D eigenvalue weighted by Crippen LogP contribution is 2.76. The second-order valence-electron chi connectivity index (χ2n) is 22.6. The summed E-state index contributed by atoms with van der Waals surface area (Å²) >= 11 is 0. The van der Waals surface area contributed by atoms with E-state index in [1.165, 1.54) is 6.92 Å². The topological polar surface area (TPSA) is 312 Å². The Morgan fingerprint density at radius 1 is 0.697 bits per heavy atom. The van der Waals surface area contributed by atoms with Gasteiger partial charge in [-0.05, 0) is 112 Å². The first-order valence-electron chi connectivity index (χ1n) is 23.9. The van der Waals surface area contributed by atoms with E-state index in [4.69, 9.17) is 28.4 Å². The largest absolute Gasteiger partial charge is 0.481 e. The summed E-state index contributed by atoms with van der Waals surface area (Å²) in [5.41, 5.74) is -2.84. The molecule has 0 aromatic heterocycles. The highest BCUT2D eigenvalue weighted by atomic mass is 16.8. The molecule has 3 saturated heterocycles. The first kappa shape index (κ1) is 50.5. The molecule has 0 spiro atoms. The van der Waals surface area contributed by atoms with E-state index >= 15 is 0 Å². The summed E-state index contributed by atoms with van der Waals surface area (Å²) in [7, 11) is 0. The second kappa shape index (κ2) is 17.7. The van der Waals surface area contributed by atoms with Gasteiger partial charge in [0.05, 0.1) is 42.9 Å². The molecule has 0 bridgehead atoms. The highest BCUT2D eigenvalue weighted by Gasteiger charge is 2.71. The summed E-state index contributed by atoms with van der Waals surface area (Å²) in [6.45, 7) is 10.6. The number of aliphatic hydroxyl groups is 9. The number of carboxylic acid groups (broad SMARTS) is 2. The Bertz CT molecular complexity index is 1850. The molecule has 5 aliphatic carbocycles. The minimum atomic E-state index is -1.85. The van der Waals surface area contributed by atoms with Crippen LogP contribution >= 0.6 is 0 Å². The molecular weight excluding hydrogens is 868 g/mol. The van der Waals surface area contributed by atoms with Gasteiger partial charge < -0.3 is 84.6 Å². The SMILES string of the molecule is C[C@@H]1O[C@@H](O[C@H]2[C@H](O[C@H]3[C@H](O[C@H]4CC[C@@]5(C)[C@@H](CC[C@]6(C)[C@@H]5CC=C5[C@@H]7C[C@@](C)(C(=O)O)CC[C@]7(C(=O)O)CC[C@]56C)[C@]4(C)CO)OC[C@@H](O)[C@@H]3O)O[C@H](CO)[C@@H](O)[C@@H]2O)[C@H](O)[C@H](O)[C@H]1O. The minimum absolute atomic E-state index is 0.0879. The van der Waals surface area contributed by atoms with E-state index < -0.39 is 138 Å². The molecule has 8 rings (SSSR count). The maximum Gasteiger partial charge on any atom is 0.310 e. The molecule has 0 aromatic carbocycles. The predicted octanol–water partition coefficient (Wildman–Crippen LogP) is 0.410. The van der Waals surface area contributed by atoms with Crippen molar-refractivity contribution in [2.24, 2.45) is 50.2 Å². The van der Waals surface area contributed by atoms with Gasteiger partial charge in [0.25, 0.3) is 0 Å². The number of fused-ring (bicyclic) bond motifs is 7. The zero-order valence-corrected chi connectivity index (χ0v) is 38.8. The van der Waals surface area contributed by atoms with E-state index in [0.29, 0.717) is 51.4 Å². The lowest BCUT2D eigenvalue weighted by Crippen LogP contribution is -2.67. The summed E-state index contributed by atoms with van der Waals surface area (Å²) in [5, 5.41) is 119. The van der Waals surface area contributed by atoms with Crippen molar-refractivity contribution in [2.75, 3.05) is 19.8 Å². The Labute approximate surface area is 385 Å². The van der Waals surface area contributed by atoms with E-state index in [9.17, 15) is 65.8 Å². The second-order valence-corrected chi connectivity index (χ2v) is 22.6. The van der Waals surface area contributed by atoms with Crippen molar-refractivity contribution in [1.29, 1.82) is 0 Å². The molecule has 19 nitrogen and oxygen atoms in total. The van der Waals surface area contributed by atoms with Gasteiger partial charge in [-0.2, -0.15) is 0 Å². The maximum atomic E-state index is 13.2. The van der Waals surface area contributed by atoms with Crippen LogP contribution in [0.1, 0.15) is 106 Å². The average Bonchev–Trinajstić information content (AvgIpc) is 3.27. The van der Waals surface area contributed by atoms with Crippen molar-refractivity contribution < 1.29 is 94.2 Å². The van der Waals surface area contributed by atoms with Gasteiger partial charge in [-0.1, -0.05) is 39.3 Å². The molecule has 66 heavy (non-hydrogen) atoms. The van der Waals surface area contributed by atoms with E-state index in [0.717, 1.165) is 12.0 Å². The number of aliphatic hydroxyl groups excluding tert-OH is 9. The van der Waals surface area contributed by atoms with Gasteiger partial charge in [0.2, 0.25) is 0 Å². The number of hydrogen-bond donors (Lipinski definition) is 11. The maximum absolute atomic E-state index is 13.2. The van der Waals surface area contributed by atoms with Crippen LogP contribution in [0.2, 0.25) is 0 Å². The van der Waals surface area contributed by atoms with Gasteiger partial charge in [-0.3, -0.25) is 9.59 Å². The summed E-state index contributed by atoms with van der Waals surface area (Å²) in [6, 6.07) is 0. The molecule has 19 heteroatoms. The zero-order valence-electron chi connectivity index (χ0n) is 38.8. The van der Waals surface area contributed by atoms with E-state index in [-0.39, 0.29) is 42.3 Å². The molecule has 376 valence electrons. The predicted molar refractivity (Wildman–Crippen MR) is 227 cm³/mol. The van der Waals surface area contributed by atoms with Crippen LogP contribution in [0.3, 0.4) is 0 Å². The van der Waals surface area contributed by atoms with E-state index in [1.54, 1.807) is 6.92 Å². The van der Waals surface area contributed by atoms with Gasteiger partial charge in [0, 0.05) is 5.41 Å². The molecule has 0 radical (unpaired) electrons. The molecule has 8 aliphatic rings. The van der Waals surface area contributed by atoms with E-state index in [2.05, 4.69) is 26.8 Å². The number of ether oxygens (including phenoxy) is 6. The molecule has 0 amide bonds. The van der Waals surface area contributed by atoms with Crippen molar-refractivity contribution in [3.05, 3.63) is 11.6 Å². The fourth-order valence-corrected chi connectivity index (χ4v) is 14.8. The number of hydrogen-bond acceptors (Lipinski definition) is 17.